The quantitative estimate of drug-likeness (QED) is 0.235. The van der Waals surface area contributed by atoms with Crippen LogP contribution in [0.4, 0.5) is 11.4 Å². The molecule has 5 rings (SSSR count). The van der Waals surface area contributed by atoms with Gasteiger partial charge in [-0.1, -0.05) is 54.5 Å². The average molecular weight is 620 g/mol. The van der Waals surface area contributed by atoms with Crippen molar-refractivity contribution < 1.29 is 34.4 Å². The van der Waals surface area contributed by atoms with E-state index in [1.165, 1.54) is 0 Å². The van der Waals surface area contributed by atoms with Crippen LogP contribution < -0.4 is 15.7 Å². The first-order valence-electron chi connectivity index (χ1n) is 8.80. The van der Waals surface area contributed by atoms with E-state index in [1.807, 2.05) is 36.4 Å². The summed E-state index contributed by atoms with van der Waals surface area (Å²) in [7, 11) is 0. The number of rotatable bonds is 1. The van der Waals surface area contributed by atoms with Crippen LogP contribution in [0.5, 0.6) is 0 Å². The zero-order chi connectivity index (χ0) is 24.5. The molecule has 0 N–H and O–H groups in total. The molecule has 10 heteroatoms. The Kier molecular flexibility index (Phi) is 15.2. The molecule has 0 bridgehead atoms. The molecule has 1 radical (unpaired) electrons. The Labute approximate surface area is 209 Å². The SMILES string of the molecule is C#Cc1ccc(-c2nn[n-]n2)cc1.C1=C[N-]c2c3c(ccc2=C1)=CC=C[N-]3.[C-]#[O+].[C-]#[O+].[C-]#[O+].[Re]. The molecule has 3 heterocycles. The molecular formula is C24H13N6O3Re-3. The molecule has 1 aromatic heterocycles. The Morgan fingerprint density at radius 1 is 0.765 bits per heavy atom. The molecule has 0 atom stereocenters. The van der Waals surface area contributed by atoms with Crippen molar-refractivity contribution in [3.05, 3.63) is 108 Å². The monoisotopic (exact) mass is 620 g/mol. The molecule has 0 aliphatic carbocycles. The smallest absolute Gasteiger partial charge is 0 e. The third-order valence-electron chi connectivity index (χ3n) is 3.97. The van der Waals surface area contributed by atoms with E-state index in [0.717, 1.165) is 32.9 Å². The summed E-state index contributed by atoms with van der Waals surface area (Å²) in [5.74, 6) is 3.04. The van der Waals surface area contributed by atoms with Gasteiger partial charge in [0, 0.05) is 26.0 Å². The maximum atomic E-state index is 7.50. The predicted molar refractivity (Wildman–Crippen MR) is 117 cm³/mol. The number of aromatic nitrogens is 4. The van der Waals surface area contributed by atoms with E-state index < -0.39 is 0 Å². The van der Waals surface area contributed by atoms with E-state index in [4.69, 9.17) is 20.4 Å². The standard InChI is InChI=1S/C12H8N2.C9H5N4.3CO.Re/c1-3-9-5-6-10-4-2-8-14-12(10)11(9)13-7-1;1-2-7-3-5-8(6-4-7)9-10-12-13-11-9;3*1-2;/h1-8H;1,3-6H;;;;/q-2;-1;;;;. The van der Waals surface area contributed by atoms with Gasteiger partial charge in [-0.25, -0.2) is 5.10 Å². The molecule has 34 heavy (non-hydrogen) atoms. The fourth-order valence-electron chi connectivity index (χ4n) is 2.66. The first-order valence-corrected chi connectivity index (χ1v) is 8.80. The molecule has 0 unspecified atom stereocenters. The minimum Gasteiger partial charge on any atom is 0 e. The molecule has 0 amide bonds. The van der Waals surface area contributed by atoms with Crippen molar-refractivity contribution in [2.24, 2.45) is 0 Å². The van der Waals surface area contributed by atoms with Crippen LogP contribution in [0.1, 0.15) is 5.56 Å². The Bertz CT molecular complexity index is 1250. The van der Waals surface area contributed by atoms with Gasteiger partial charge in [-0.15, -0.1) is 17.8 Å². The number of nitrogens with zero attached hydrogens (tertiary/aromatic N) is 6. The van der Waals surface area contributed by atoms with Gasteiger partial charge >= 0.3 is 33.9 Å². The number of fused-ring (bicyclic) bond motifs is 3. The minimum absolute atomic E-state index is 0. The second-order valence-electron chi connectivity index (χ2n) is 5.64. The Morgan fingerprint density at radius 3 is 1.68 bits per heavy atom. The Morgan fingerprint density at radius 2 is 1.26 bits per heavy atom. The van der Waals surface area contributed by atoms with Gasteiger partial charge in [-0.05, 0) is 28.1 Å². The first-order chi connectivity index (χ1) is 16.3. The number of tetrazole rings is 1. The van der Waals surface area contributed by atoms with Crippen LogP contribution in [0.15, 0.2) is 61.0 Å². The van der Waals surface area contributed by atoms with Gasteiger partial charge in [0.25, 0.3) is 0 Å². The minimum atomic E-state index is 0. The van der Waals surface area contributed by atoms with Gasteiger partial charge in [0.15, 0.2) is 0 Å². The van der Waals surface area contributed by atoms with Crippen molar-refractivity contribution in [1.29, 1.82) is 0 Å². The van der Waals surface area contributed by atoms with Gasteiger partial charge in [0.2, 0.25) is 0 Å². The maximum absolute atomic E-state index is 7.50. The van der Waals surface area contributed by atoms with Crippen LogP contribution >= 0.6 is 0 Å². The fourth-order valence-corrected chi connectivity index (χ4v) is 2.66. The predicted octanol–water partition coefficient (Wildman–Crippen LogP) is 2.67. The fraction of sp³-hybridized carbons (Fsp3) is 0. The van der Waals surface area contributed by atoms with Crippen molar-refractivity contribution in [3.8, 4) is 23.7 Å². The van der Waals surface area contributed by atoms with Crippen LogP contribution in [0.25, 0.3) is 34.2 Å². The van der Waals surface area contributed by atoms with Gasteiger partial charge in [0.1, 0.15) is 0 Å². The summed E-state index contributed by atoms with van der Waals surface area (Å²) in [6.45, 7) is 13.5. The van der Waals surface area contributed by atoms with Crippen molar-refractivity contribution in [1.82, 2.24) is 20.6 Å². The molecular weight excluding hydrogens is 607 g/mol. The summed E-state index contributed by atoms with van der Waals surface area (Å²) in [5.41, 5.74) is 3.65. The van der Waals surface area contributed by atoms with Crippen LogP contribution in [0.2, 0.25) is 0 Å². The molecule has 2 aliphatic rings. The molecule has 2 aromatic carbocycles. The molecule has 9 nitrogen and oxygen atoms in total. The van der Waals surface area contributed by atoms with E-state index in [0.29, 0.717) is 5.82 Å². The summed E-state index contributed by atoms with van der Waals surface area (Å²) in [6, 6.07) is 11.5. The molecule has 167 valence electrons. The third-order valence-corrected chi connectivity index (χ3v) is 3.97. The van der Waals surface area contributed by atoms with Crippen molar-refractivity contribution in [2.45, 2.75) is 0 Å². The first kappa shape index (κ1) is 29.8. The van der Waals surface area contributed by atoms with E-state index in [2.05, 4.69) is 81.4 Å². The summed E-state index contributed by atoms with van der Waals surface area (Å²) >= 11 is 0. The molecule has 2 aliphatic heterocycles. The topological polar surface area (TPSA) is 141 Å². The summed E-state index contributed by atoms with van der Waals surface area (Å²) in [5, 5.41) is 25.2. The number of terminal acetylenes is 1. The van der Waals surface area contributed by atoms with Crippen LogP contribution in [-0.4, -0.2) is 15.4 Å². The normalized spacial score (nSPS) is 10.1. The molecule has 0 saturated heterocycles. The molecule has 0 fully saturated rings. The number of hydrogen-bond donors (Lipinski definition) is 0. The number of allylic oxidation sites excluding steroid dienone is 2. The van der Waals surface area contributed by atoms with Crippen molar-refractivity contribution in [3.63, 3.8) is 0 Å². The van der Waals surface area contributed by atoms with Gasteiger partial charge in [-0.3, -0.25) is 10.4 Å². The zero-order valence-electron chi connectivity index (χ0n) is 17.3. The van der Waals surface area contributed by atoms with Crippen LogP contribution in [0.3, 0.4) is 0 Å². The van der Waals surface area contributed by atoms with E-state index >= 15 is 0 Å². The Hall–Kier alpha value is -4.23. The number of benzene rings is 2. The summed E-state index contributed by atoms with van der Waals surface area (Å²) < 4.78 is 22.5. The zero-order valence-corrected chi connectivity index (χ0v) is 20.0. The maximum Gasteiger partial charge on any atom is 0 e. The van der Waals surface area contributed by atoms with Crippen LogP contribution in [0, 0.1) is 32.3 Å². The van der Waals surface area contributed by atoms with E-state index in [1.54, 1.807) is 12.4 Å². The molecule has 3 aromatic rings. The van der Waals surface area contributed by atoms with E-state index in [9.17, 15) is 0 Å². The van der Waals surface area contributed by atoms with Gasteiger partial charge in [-0.2, -0.15) is 12.4 Å². The van der Waals surface area contributed by atoms with E-state index in [-0.39, 0.29) is 20.4 Å². The third kappa shape index (κ3) is 8.04. The second-order valence-corrected chi connectivity index (χ2v) is 5.64. The Balaban J connectivity index is 0.000000515. The van der Waals surface area contributed by atoms with Crippen molar-refractivity contribution in [2.75, 3.05) is 0 Å². The largest absolute Gasteiger partial charge is 0 e. The van der Waals surface area contributed by atoms with Gasteiger partial charge in [0.05, 0.1) is 5.82 Å². The molecule has 0 spiro atoms. The molecule has 0 saturated carbocycles. The summed E-state index contributed by atoms with van der Waals surface area (Å²) in [4.78, 5) is 0. The van der Waals surface area contributed by atoms with Crippen LogP contribution in [-0.2, 0) is 34.4 Å². The number of hydrogen-bond acceptors (Lipinski definition) is 3. The summed E-state index contributed by atoms with van der Waals surface area (Å²) in [6.07, 6.45) is 16.8. The van der Waals surface area contributed by atoms with Gasteiger partial charge < -0.3 is 15.7 Å². The second kappa shape index (κ2) is 17.3. The average Bonchev–Trinajstić information content (AvgIpc) is 3.48. The van der Waals surface area contributed by atoms with Crippen molar-refractivity contribution >= 4 is 23.5 Å².